The molecule has 1 aromatic rings. The summed E-state index contributed by atoms with van der Waals surface area (Å²) in [5, 5.41) is 4.09. The molecule has 8 heteroatoms. The van der Waals surface area contributed by atoms with Gasteiger partial charge in [0.15, 0.2) is 0 Å². The zero-order valence-electron chi connectivity index (χ0n) is 10.1. The maximum absolute atomic E-state index is 12.0. The molecular weight excluding hydrogens is 310 g/mol. The van der Waals surface area contributed by atoms with Crippen LogP contribution in [0.4, 0.5) is 0 Å². The largest absolute Gasteiger partial charge is 0.383 e. The number of hydrogen-bond acceptors (Lipinski definition) is 4. The molecule has 6 nitrogen and oxygen atoms in total. The van der Waals surface area contributed by atoms with Gasteiger partial charge in [0, 0.05) is 33.9 Å². The summed E-state index contributed by atoms with van der Waals surface area (Å²) in [5.74, 6) is -0.116. The molecule has 0 saturated heterocycles. The first-order valence-corrected chi connectivity index (χ1v) is 7.38. The second-order valence-electron chi connectivity index (χ2n) is 3.67. The lowest BCUT2D eigenvalue weighted by Crippen LogP contribution is -2.31. The van der Waals surface area contributed by atoms with E-state index in [0.29, 0.717) is 23.3 Å². The molecule has 0 spiro atoms. The molecular formula is C9H16BrN3O3S. The van der Waals surface area contributed by atoms with Crippen molar-refractivity contribution in [1.29, 1.82) is 0 Å². The van der Waals surface area contributed by atoms with Gasteiger partial charge in [0.2, 0.25) is 10.0 Å². The third-order valence-corrected chi connectivity index (χ3v) is 4.69. The Morgan fingerprint density at radius 3 is 2.71 bits per heavy atom. The number of aromatic nitrogens is 2. The molecule has 1 rings (SSSR count). The Morgan fingerprint density at radius 2 is 2.24 bits per heavy atom. The average molecular weight is 326 g/mol. The number of halogens is 1. The van der Waals surface area contributed by atoms with Crippen molar-refractivity contribution >= 4 is 26.0 Å². The Kier molecular flexibility index (Phi) is 5.11. The number of likely N-dealkylation sites (N-methyl/N-ethyl adjacent to an activating group) is 1. The molecule has 0 aliphatic heterocycles. The van der Waals surface area contributed by atoms with Gasteiger partial charge in [-0.05, 0) is 15.9 Å². The van der Waals surface area contributed by atoms with Crippen LogP contribution in [0.25, 0.3) is 0 Å². The molecule has 0 atom stereocenters. The second-order valence-corrected chi connectivity index (χ2v) is 6.60. The second kappa shape index (κ2) is 5.94. The molecule has 0 aliphatic carbocycles. The fraction of sp³-hybridized carbons (Fsp3) is 0.667. The van der Waals surface area contributed by atoms with E-state index in [1.165, 1.54) is 18.5 Å². The highest BCUT2D eigenvalue weighted by Gasteiger charge is 2.21. The first-order chi connectivity index (χ1) is 7.86. The molecule has 17 heavy (non-hydrogen) atoms. The Bertz CT molecular complexity index is 472. The van der Waals surface area contributed by atoms with E-state index in [1.54, 1.807) is 17.9 Å². The van der Waals surface area contributed by atoms with Gasteiger partial charge in [-0.25, -0.2) is 12.7 Å². The van der Waals surface area contributed by atoms with E-state index < -0.39 is 10.0 Å². The lowest BCUT2D eigenvalue weighted by molar-refractivity contribution is 0.185. The van der Waals surface area contributed by atoms with Gasteiger partial charge < -0.3 is 4.74 Å². The van der Waals surface area contributed by atoms with Crippen LogP contribution in [0.3, 0.4) is 0 Å². The van der Waals surface area contributed by atoms with Gasteiger partial charge in [-0.15, -0.1) is 0 Å². The summed E-state index contributed by atoms with van der Waals surface area (Å²) in [6.45, 7) is 0.711. The summed E-state index contributed by atoms with van der Waals surface area (Å²) in [7, 11) is 1.47. The van der Waals surface area contributed by atoms with E-state index in [9.17, 15) is 8.42 Å². The van der Waals surface area contributed by atoms with Crippen molar-refractivity contribution in [2.75, 3.05) is 27.3 Å². The topological polar surface area (TPSA) is 64.4 Å². The van der Waals surface area contributed by atoms with Crippen LogP contribution in [0.5, 0.6) is 0 Å². The molecule has 0 bridgehead atoms. The van der Waals surface area contributed by atoms with Crippen LogP contribution in [-0.2, 0) is 27.6 Å². The third kappa shape index (κ3) is 4.06. The van der Waals surface area contributed by atoms with Crippen molar-refractivity contribution in [3.05, 3.63) is 16.4 Å². The van der Waals surface area contributed by atoms with E-state index in [1.807, 2.05) is 0 Å². The van der Waals surface area contributed by atoms with Gasteiger partial charge >= 0.3 is 0 Å². The third-order valence-electron chi connectivity index (χ3n) is 2.26. The highest BCUT2D eigenvalue weighted by molar-refractivity contribution is 9.10. The highest BCUT2D eigenvalue weighted by atomic mass is 79.9. The number of nitrogens with zero attached hydrogens (tertiary/aromatic N) is 3. The van der Waals surface area contributed by atoms with Crippen LogP contribution in [0.1, 0.15) is 5.69 Å². The van der Waals surface area contributed by atoms with Crippen molar-refractivity contribution in [1.82, 2.24) is 14.1 Å². The number of aryl methyl sites for hydroxylation is 1. The van der Waals surface area contributed by atoms with Crippen molar-refractivity contribution < 1.29 is 13.2 Å². The summed E-state index contributed by atoms with van der Waals surface area (Å²) in [5.41, 5.74) is 0.511. The zero-order chi connectivity index (χ0) is 13.1. The number of ether oxygens (including phenoxy) is 1. The Hall–Kier alpha value is -0.440. The molecule has 0 amide bonds. The normalized spacial score (nSPS) is 12.3. The van der Waals surface area contributed by atoms with E-state index in [2.05, 4.69) is 21.0 Å². The Balaban J connectivity index is 2.76. The van der Waals surface area contributed by atoms with Gasteiger partial charge in [-0.2, -0.15) is 5.10 Å². The maximum Gasteiger partial charge on any atom is 0.219 e. The standard InChI is InChI=1S/C9H16BrN3O3S/c1-12-6-8(10)9(11-12)7-17(14,15)13(2)4-5-16-3/h6H,4-5,7H2,1-3H3. The van der Waals surface area contributed by atoms with Crippen molar-refractivity contribution in [3.63, 3.8) is 0 Å². The SMILES string of the molecule is COCCN(C)S(=O)(=O)Cc1nn(C)cc1Br. The van der Waals surface area contributed by atoms with Gasteiger partial charge in [-0.1, -0.05) is 0 Å². The van der Waals surface area contributed by atoms with E-state index in [0.717, 1.165) is 0 Å². The number of sulfonamides is 1. The van der Waals surface area contributed by atoms with Crippen molar-refractivity contribution in [3.8, 4) is 0 Å². The molecule has 0 aromatic carbocycles. The molecule has 0 fully saturated rings. The monoisotopic (exact) mass is 325 g/mol. The first-order valence-electron chi connectivity index (χ1n) is 4.98. The number of rotatable bonds is 6. The van der Waals surface area contributed by atoms with Crippen molar-refractivity contribution in [2.24, 2.45) is 7.05 Å². The summed E-state index contributed by atoms with van der Waals surface area (Å²) in [6, 6.07) is 0. The summed E-state index contributed by atoms with van der Waals surface area (Å²) < 4.78 is 32.3. The van der Waals surface area contributed by atoms with Crippen LogP contribution < -0.4 is 0 Å². The fourth-order valence-corrected chi connectivity index (χ4v) is 3.08. The minimum atomic E-state index is -3.35. The molecule has 0 unspecified atom stereocenters. The minimum Gasteiger partial charge on any atom is -0.383 e. The number of hydrogen-bond donors (Lipinski definition) is 0. The molecule has 1 aromatic heterocycles. The van der Waals surface area contributed by atoms with Crippen LogP contribution >= 0.6 is 15.9 Å². The summed E-state index contributed by atoms with van der Waals surface area (Å²) >= 11 is 3.28. The average Bonchev–Trinajstić information content (AvgIpc) is 2.53. The van der Waals surface area contributed by atoms with Crippen molar-refractivity contribution in [2.45, 2.75) is 5.75 Å². The molecule has 0 aliphatic rings. The van der Waals surface area contributed by atoms with Crippen LogP contribution in [-0.4, -0.2) is 49.8 Å². The molecule has 98 valence electrons. The van der Waals surface area contributed by atoms with Gasteiger partial charge in [0.25, 0.3) is 0 Å². The lowest BCUT2D eigenvalue weighted by atomic mass is 10.5. The van der Waals surface area contributed by atoms with E-state index in [4.69, 9.17) is 4.74 Å². The highest BCUT2D eigenvalue weighted by Crippen LogP contribution is 2.18. The van der Waals surface area contributed by atoms with Gasteiger partial charge in [-0.3, -0.25) is 4.68 Å². The van der Waals surface area contributed by atoms with Gasteiger partial charge in [0.05, 0.1) is 16.8 Å². The predicted molar refractivity (Wildman–Crippen MR) is 68.0 cm³/mol. The van der Waals surface area contributed by atoms with E-state index >= 15 is 0 Å². The van der Waals surface area contributed by atoms with E-state index in [-0.39, 0.29) is 5.75 Å². The fourth-order valence-electron chi connectivity index (χ4n) is 1.25. The van der Waals surface area contributed by atoms with Crippen LogP contribution in [0.15, 0.2) is 10.7 Å². The Morgan fingerprint density at radius 1 is 1.59 bits per heavy atom. The van der Waals surface area contributed by atoms with Crippen LogP contribution in [0, 0.1) is 0 Å². The van der Waals surface area contributed by atoms with Crippen LogP contribution in [0.2, 0.25) is 0 Å². The molecule has 0 N–H and O–H groups in total. The summed E-state index contributed by atoms with van der Waals surface area (Å²) in [6.07, 6.45) is 1.72. The Labute approximate surface area is 110 Å². The zero-order valence-corrected chi connectivity index (χ0v) is 12.5. The number of methoxy groups -OCH3 is 1. The minimum absolute atomic E-state index is 0.116. The molecule has 0 radical (unpaired) electrons. The summed E-state index contributed by atoms with van der Waals surface area (Å²) in [4.78, 5) is 0. The molecule has 1 heterocycles. The quantitative estimate of drug-likeness (QED) is 0.768. The van der Waals surface area contributed by atoms with Gasteiger partial charge in [0.1, 0.15) is 5.75 Å². The maximum atomic E-state index is 12.0. The lowest BCUT2D eigenvalue weighted by Gasteiger charge is -2.15. The molecule has 0 saturated carbocycles. The smallest absolute Gasteiger partial charge is 0.219 e. The predicted octanol–water partition coefficient (Wildman–Crippen LogP) is 0.591. The first kappa shape index (κ1) is 14.6.